The maximum absolute atomic E-state index is 12.1. The molecule has 0 fully saturated rings. The lowest BCUT2D eigenvalue weighted by molar-refractivity contribution is -0.170. The van der Waals surface area contributed by atoms with Crippen molar-refractivity contribution in [3.63, 3.8) is 0 Å². The Bertz CT molecular complexity index is 548. The molecule has 94 valence electrons. The monoisotopic (exact) mass is 271 g/mol. The van der Waals surface area contributed by atoms with Crippen molar-refractivity contribution in [2.75, 3.05) is 0 Å². The Balaban J connectivity index is 2.15. The van der Waals surface area contributed by atoms with Crippen LogP contribution in [0.3, 0.4) is 0 Å². The average Bonchev–Trinajstić information content (AvgIpc) is 2.77. The van der Waals surface area contributed by atoms with Crippen molar-refractivity contribution in [2.24, 2.45) is 0 Å². The maximum Gasteiger partial charge on any atom is 0.450 e. The molecule has 0 radical (unpaired) electrons. The molecule has 2 aromatic rings. The Morgan fingerprint density at radius 1 is 1.22 bits per heavy atom. The smallest absolute Gasteiger partial charge is 0.289 e. The number of carbonyl (C=O) groups excluding carboxylic acids is 1. The molecule has 1 aromatic carbocycles. The number of thiazole rings is 1. The molecule has 0 aliphatic carbocycles. The van der Waals surface area contributed by atoms with E-state index >= 15 is 0 Å². The molecular weight excluding hydrogens is 263 g/mol. The number of benzene rings is 1. The van der Waals surface area contributed by atoms with Crippen LogP contribution in [0.25, 0.3) is 11.3 Å². The van der Waals surface area contributed by atoms with Crippen molar-refractivity contribution >= 4 is 17.1 Å². The van der Waals surface area contributed by atoms with E-state index in [4.69, 9.17) is 0 Å². The van der Waals surface area contributed by atoms with Gasteiger partial charge < -0.3 is 0 Å². The van der Waals surface area contributed by atoms with Gasteiger partial charge in [0, 0.05) is 10.9 Å². The fraction of sp³-hybridized carbons (Fsp3) is 0.167. The first-order chi connectivity index (χ1) is 8.47. The van der Waals surface area contributed by atoms with E-state index < -0.39 is 18.4 Å². The van der Waals surface area contributed by atoms with Gasteiger partial charge >= 0.3 is 6.18 Å². The largest absolute Gasteiger partial charge is 0.450 e. The molecule has 18 heavy (non-hydrogen) atoms. The predicted molar refractivity (Wildman–Crippen MR) is 62.3 cm³/mol. The summed E-state index contributed by atoms with van der Waals surface area (Å²) in [5.74, 6) is -1.77. The minimum atomic E-state index is -4.79. The fourth-order valence-electron chi connectivity index (χ4n) is 1.37. The van der Waals surface area contributed by atoms with E-state index in [1.54, 1.807) is 5.38 Å². The van der Waals surface area contributed by atoms with Crippen LogP contribution in [0.2, 0.25) is 0 Å². The SMILES string of the molecule is O=C(Cc1nc(-c2ccccc2)cs1)C(F)(F)F. The summed E-state index contributed by atoms with van der Waals surface area (Å²) >= 11 is 1.06. The molecule has 0 saturated heterocycles. The molecule has 0 unspecified atom stereocenters. The second kappa shape index (κ2) is 4.89. The zero-order valence-electron chi connectivity index (χ0n) is 9.07. The predicted octanol–water partition coefficient (Wildman–Crippen LogP) is 3.48. The van der Waals surface area contributed by atoms with Crippen molar-refractivity contribution in [1.29, 1.82) is 0 Å². The maximum atomic E-state index is 12.1. The standard InChI is InChI=1S/C12H8F3NOS/c13-12(14,15)10(17)6-11-16-9(7-18-11)8-4-2-1-3-5-8/h1-5,7H,6H2. The number of nitrogens with zero attached hydrogens (tertiary/aromatic N) is 1. The second-order valence-electron chi connectivity index (χ2n) is 3.59. The highest BCUT2D eigenvalue weighted by Gasteiger charge is 2.38. The zero-order valence-corrected chi connectivity index (χ0v) is 9.89. The Morgan fingerprint density at radius 3 is 2.50 bits per heavy atom. The molecule has 0 N–H and O–H groups in total. The van der Waals surface area contributed by atoms with Crippen molar-refractivity contribution in [3.05, 3.63) is 40.7 Å². The van der Waals surface area contributed by atoms with E-state index in [1.807, 2.05) is 30.3 Å². The summed E-state index contributed by atoms with van der Waals surface area (Å²) in [5, 5.41) is 1.82. The van der Waals surface area contributed by atoms with Gasteiger partial charge in [0.05, 0.1) is 12.1 Å². The van der Waals surface area contributed by atoms with Crippen molar-refractivity contribution in [1.82, 2.24) is 4.98 Å². The van der Waals surface area contributed by atoms with Gasteiger partial charge in [0.15, 0.2) is 0 Å². The first kappa shape index (κ1) is 12.8. The molecule has 2 nitrogen and oxygen atoms in total. The van der Waals surface area contributed by atoms with Gasteiger partial charge in [-0.25, -0.2) is 4.98 Å². The third kappa shape index (κ3) is 2.95. The van der Waals surface area contributed by atoms with E-state index in [0.717, 1.165) is 16.9 Å². The van der Waals surface area contributed by atoms with Crippen molar-refractivity contribution in [2.45, 2.75) is 12.6 Å². The third-order valence-electron chi connectivity index (χ3n) is 2.25. The molecule has 0 amide bonds. The van der Waals surface area contributed by atoms with Crippen LogP contribution in [0.15, 0.2) is 35.7 Å². The summed E-state index contributed by atoms with van der Waals surface area (Å²) in [5.41, 5.74) is 1.41. The van der Waals surface area contributed by atoms with Gasteiger partial charge in [-0.3, -0.25) is 4.79 Å². The van der Waals surface area contributed by atoms with Gasteiger partial charge in [-0.15, -0.1) is 11.3 Å². The van der Waals surface area contributed by atoms with Gasteiger partial charge in [0.1, 0.15) is 5.01 Å². The number of hydrogen-bond acceptors (Lipinski definition) is 3. The first-order valence-corrected chi connectivity index (χ1v) is 5.94. The van der Waals surface area contributed by atoms with Crippen LogP contribution in [0.5, 0.6) is 0 Å². The Kier molecular flexibility index (Phi) is 3.47. The van der Waals surface area contributed by atoms with Crippen molar-refractivity contribution in [3.8, 4) is 11.3 Å². The molecule has 0 saturated carbocycles. The molecular formula is C12H8F3NOS. The van der Waals surface area contributed by atoms with Crippen LogP contribution in [0, 0.1) is 0 Å². The highest BCUT2D eigenvalue weighted by atomic mass is 32.1. The van der Waals surface area contributed by atoms with Gasteiger partial charge in [-0.1, -0.05) is 30.3 Å². The molecule has 2 rings (SSSR count). The number of carbonyl (C=O) groups is 1. The minimum absolute atomic E-state index is 0.177. The summed E-state index contributed by atoms with van der Waals surface area (Å²) < 4.78 is 36.3. The molecule has 0 atom stereocenters. The van der Waals surface area contributed by atoms with Crippen LogP contribution >= 0.6 is 11.3 Å². The lowest BCUT2D eigenvalue weighted by Gasteiger charge is -2.02. The van der Waals surface area contributed by atoms with Crippen LogP contribution in [0.4, 0.5) is 13.2 Å². The lowest BCUT2D eigenvalue weighted by atomic mass is 10.2. The fourth-order valence-corrected chi connectivity index (χ4v) is 2.17. The topological polar surface area (TPSA) is 30.0 Å². The van der Waals surface area contributed by atoms with E-state index in [2.05, 4.69) is 4.98 Å². The Morgan fingerprint density at radius 2 is 1.89 bits per heavy atom. The van der Waals surface area contributed by atoms with Gasteiger partial charge in [0.25, 0.3) is 0 Å². The second-order valence-corrected chi connectivity index (χ2v) is 4.53. The quantitative estimate of drug-likeness (QED) is 0.855. The van der Waals surface area contributed by atoms with E-state index in [-0.39, 0.29) is 5.01 Å². The summed E-state index contributed by atoms with van der Waals surface area (Å²) in [6.07, 6.45) is -5.49. The average molecular weight is 271 g/mol. The van der Waals surface area contributed by atoms with E-state index in [0.29, 0.717) is 5.69 Å². The normalized spacial score (nSPS) is 11.5. The highest BCUT2D eigenvalue weighted by Crippen LogP contribution is 2.24. The van der Waals surface area contributed by atoms with Crippen LogP contribution in [0.1, 0.15) is 5.01 Å². The molecule has 0 bridgehead atoms. The number of rotatable bonds is 3. The zero-order chi connectivity index (χ0) is 13.2. The highest BCUT2D eigenvalue weighted by molar-refractivity contribution is 7.10. The van der Waals surface area contributed by atoms with Gasteiger partial charge in [0.2, 0.25) is 5.78 Å². The molecule has 0 aliphatic rings. The van der Waals surface area contributed by atoms with Crippen LogP contribution in [-0.4, -0.2) is 16.9 Å². The molecule has 1 heterocycles. The Labute approximate surface area is 105 Å². The Hall–Kier alpha value is -1.69. The van der Waals surface area contributed by atoms with Gasteiger partial charge in [-0.2, -0.15) is 13.2 Å². The first-order valence-electron chi connectivity index (χ1n) is 5.06. The number of ketones is 1. The van der Waals surface area contributed by atoms with Crippen LogP contribution < -0.4 is 0 Å². The summed E-state index contributed by atoms with van der Waals surface area (Å²) in [4.78, 5) is 14.9. The molecule has 1 aromatic heterocycles. The third-order valence-corrected chi connectivity index (χ3v) is 3.10. The number of hydrogen-bond donors (Lipinski definition) is 0. The van der Waals surface area contributed by atoms with Crippen molar-refractivity contribution < 1.29 is 18.0 Å². The summed E-state index contributed by atoms with van der Waals surface area (Å²) in [6, 6.07) is 9.09. The molecule has 0 spiro atoms. The number of alkyl halides is 3. The number of Topliss-reactive ketones (excluding diaryl/α,β-unsaturated/α-hetero) is 1. The molecule has 6 heteroatoms. The van der Waals surface area contributed by atoms with E-state index in [1.165, 1.54) is 0 Å². The summed E-state index contributed by atoms with van der Waals surface area (Å²) in [6.45, 7) is 0. The molecule has 0 aliphatic heterocycles. The lowest BCUT2D eigenvalue weighted by Crippen LogP contribution is -2.24. The minimum Gasteiger partial charge on any atom is -0.289 e. The van der Waals surface area contributed by atoms with E-state index in [9.17, 15) is 18.0 Å². The summed E-state index contributed by atoms with van der Waals surface area (Å²) in [7, 11) is 0. The number of halogens is 3. The van der Waals surface area contributed by atoms with Gasteiger partial charge in [-0.05, 0) is 0 Å². The van der Waals surface area contributed by atoms with Crippen LogP contribution in [-0.2, 0) is 11.2 Å². The number of aromatic nitrogens is 1.